The molecular weight excluding hydrogens is 362 g/mol. The van der Waals surface area contributed by atoms with Gasteiger partial charge in [0.15, 0.2) is 0 Å². The first-order valence-electron chi connectivity index (χ1n) is 9.31. The Kier molecular flexibility index (Phi) is 5.53. The Morgan fingerprint density at radius 3 is 2.59 bits per heavy atom. The molecule has 1 amide bonds. The van der Waals surface area contributed by atoms with E-state index >= 15 is 0 Å². The molecule has 0 aliphatic carbocycles. The molecule has 0 saturated carbocycles. The van der Waals surface area contributed by atoms with Gasteiger partial charge in [-0.25, -0.2) is 0 Å². The second-order valence-corrected chi connectivity index (χ2v) is 6.53. The number of allylic oxidation sites excluding steroid dienone is 2. The minimum atomic E-state index is -0.132. The first-order chi connectivity index (χ1) is 14.3. The van der Waals surface area contributed by atoms with Crippen LogP contribution in [0.2, 0.25) is 0 Å². The number of anilines is 1. The minimum absolute atomic E-state index is 0.132. The van der Waals surface area contributed by atoms with Gasteiger partial charge in [-0.3, -0.25) is 20.6 Å². The van der Waals surface area contributed by atoms with E-state index in [2.05, 4.69) is 26.5 Å². The van der Waals surface area contributed by atoms with Gasteiger partial charge in [0.25, 0.3) is 5.91 Å². The van der Waals surface area contributed by atoms with Crippen molar-refractivity contribution in [3.8, 4) is 0 Å². The van der Waals surface area contributed by atoms with Crippen LogP contribution in [0.25, 0.3) is 5.70 Å². The Hall–Kier alpha value is -4.06. The van der Waals surface area contributed by atoms with Crippen LogP contribution in [0.1, 0.15) is 21.5 Å². The smallest absolute Gasteiger partial charge is 0.251 e. The monoisotopic (exact) mass is 383 g/mol. The summed E-state index contributed by atoms with van der Waals surface area (Å²) in [5, 5.41) is 6.19. The van der Waals surface area contributed by atoms with E-state index in [1.165, 1.54) is 0 Å². The predicted molar refractivity (Wildman–Crippen MR) is 114 cm³/mol. The van der Waals surface area contributed by atoms with Crippen LogP contribution in [-0.4, -0.2) is 10.9 Å². The van der Waals surface area contributed by atoms with Crippen LogP contribution in [0, 0.1) is 0 Å². The number of rotatable bonds is 6. The number of carbonyl (C=O) groups is 1. The summed E-state index contributed by atoms with van der Waals surface area (Å²) in [4.78, 5) is 16.5. The maximum atomic E-state index is 12.5. The summed E-state index contributed by atoms with van der Waals surface area (Å²) in [6.45, 7) is 0.439. The van der Waals surface area contributed by atoms with Gasteiger partial charge in [0.05, 0.1) is 5.70 Å². The van der Waals surface area contributed by atoms with Crippen LogP contribution in [0.4, 0.5) is 5.69 Å². The van der Waals surface area contributed by atoms with Gasteiger partial charge in [-0.05, 0) is 47.5 Å². The normalized spacial score (nSPS) is 12.7. The Balaban J connectivity index is 1.39. The standard InChI is InChI=1S/C23H21N5O/c29-23(25-16-17-6-5-13-24-15-17)19-9-4-10-20(14-19)26-22-12-11-21(27-28-22)18-7-2-1-3-8-18/h1-15,26-28H,16H2,(H,25,29). The summed E-state index contributed by atoms with van der Waals surface area (Å²) in [5.74, 6) is 0.657. The molecule has 1 aromatic heterocycles. The zero-order chi connectivity index (χ0) is 19.9. The maximum absolute atomic E-state index is 12.5. The van der Waals surface area contributed by atoms with Crippen molar-refractivity contribution in [2.45, 2.75) is 6.54 Å². The lowest BCUT2D eigenvalue weighted by Crippen LogP contribution is -2.35. The van der Waals surface area contributed by atoms with E-state index in [1.54, 1.807) is 18.5 Å². The fourth-order valence-corrected chi connectivity index (χ4v) is 2.92. The SMILES string of the molecule is O=C(NCc1cccnc1)c1cccc(NC2=CC=C(c3ccccc3)NN2)c1. The fraction of sp³-hybridized carbons (Fsp3) is 0.0435. The van der Waals surface area contributed by atoms with Crippen molar-refractivity contribution in [1.82, 2.24) is 21.2 Å². The molecule has 4 N–H and O–H groups in total. The molecule has 6 heteroatoms. The highest BCUT2D eigenvalue weighted by Crippen LogP contribution is 2.16. The average Bonchev–Trinajstić information content (AvgIpc) is 2.79. The molecule has 3 aromatic rings. The molecule has 4 rings (SSSR count). The van der Waals surface area contributed by atoms with E-state index in [1.807, 2.05) is 72.8 Å². The third-order valence-electron chi connectivity index (χ3n) is 4.41. The number of hydrogen-bond acceptors (Lipinski definition) is 5. The summed E-state index contributed by atoms with van der Waals surface area (Å²) in [7, 11) is 0. The van der Waals surface area contributed by atoms with E-state index in [0.717, 1.165) is 28.3 Å². The van der Waals surface area contributed by atoms with Crippen molar-refractivity contribution in [1.29, 1.82) is 0 Å². The van der Waals surface area contributed by atoms with E-state index in [9.17, 15) is 4.79 Å². The highest BCUT2D eigenvalue weighted by Gasteiger charge is 2.09. The molecule has 1 aliphatic heterocycles. The summed E-state index contributed by atoms with van der Waals surface area (Å²) < 4.78 is 0. The Bertz CT molecular complexity index is 1050. The molecule has 0 saturated heterocycles. The number of carbonyl (C=O) groups excluding carboxylic acids is 1. The van der Waals surface area contributed by atoms with Crippen molar-refractivity contribution < 1.29 is 4.79 Å². The van der Waals surface area contributed by atoms with Crippen LogP contribution in [0.5, 0.6) is 0 Å². The highest BCUT2D eigenvalue weighted by molar-refractivity contribution is 5.95. The summed E-state index contributed by atoms with van der Waals surface area (Å²) >= 11 is 0. The molecule has 0 radical (unpaired) electrons. The molecule has 0 atom stereocenters. The van der Waals surface area contributed by atoms with E-state index < -0.39 is 0 Å². The quantitative estimate of drug-likeness (QED) is 0.525. The molecule has 0 fully saturated rings. The van der Waals surface area contributed by atoms with Gasteiger partial charge in [0.2, 0.25) is 0 Å². The third kappa shape index (κ3) is 4.81. The first kappa shape index (κ1) is 18.3. The van der Waals surface area contributed by atoms with Gasteiger partial charge in [-0.15, -0.1) is 0 Å². The zero-order valence-electron chi connectivity index (χ0n) is 15.7. The van der Waals surface area contributed by atoms with Crippen molar-refractivity contribution in [2.75, 3.05) is 5.32 Å². The minimum Gasteiger partial charge on any atom is -0.348 e. The topological polar surface area (TPSA) is 78.1 Å². The van der Waals surface area contributed by atoms with Crippen molar-refractivity contribution in [2.24, 2.45) is 0 Å². The van der Waals surface area contributed by atoms with Crippen LogP contribution in [-0.2, 0) is 6.54 Å². The molecule has 6 nitrogen and oxygen atoms in total. The maximum Gasteiger partial charge on any atom is 0.251 e. The first-order valence-corrected chi connectivity index (χ1v) is 9.31. The number of nitrogens with one attached hydrogen (secondary N) is 4. The lowest BCUT2D eigenvalue weighted by molar-refractivity contribution is 0.0951. The second-order valence-electron chi connectivity index (χ2n) is 6.53. The molecule has 2 aromatic carbocycles. The number of aromatic nitrogens is 1. The molecule has 29 heavy (non-hydrogen) atoms. The lowest BCUT2D eigenvalue weighted by atomic mass is 10.1. The van der Waals surface area contributed by atoms with Crippen molar-refractivity contribution in [3.05, 3.63) is 114 Å². The van der Waals surface area contributed by atoms with Crippen molar-refractivity contribution in [3.63, 3.8) is 0 Å². The van der Waals surface area contributed by atoms with Gasteiger partial charge in [-0.1, -0.05) is 42.5 Å². The Morgan fingerprint density at radius 1 is 0.931 bits per heavy atom. The molecule has 0 unspecified atom stereocenters. The second kappa shape index (κ2) is 8.75. The molecule has 144 valence electrons. The summed E-state index contributed by atoms with van der Waals surface area (Å²) in [5.41, 5.74) is 10.8. The van der Waals surface area contributed by atoms with E-state index in [0.29, 0.717) is 12.1 Å². The number of hydrazine groups is 1. The third-order valence-corrected chi connectivity index (χ3v) is 4.41. The van der Waals surface area contributed by atoms with Crippen molar-refractivity contribution >= 4 is 17.3 Å². The predicted octanol–water partition coefficient (Wildman–Crippen LogP) is 3.41. The van der Waals surface area contributed by atoms with Crippen LogP contribution >= 0.6 is 0 Å². The number of benzene rings is 2. The van der Waals surface area contributed by atoms with Gasteiger partial charge in [0, 0.05) is 30.2 Å². The lowest BCUT2D eigenvalue weighted by Gasteiger charge is -2.21. The van der Waals surface area contributed by atoms with Gasteiger partial charge >= 0.3 is 0 Å². The van der Waals surface area contributed by atoms with Crippen LogP contribution in [0.3, 0.4) is 0 Å². The highest BCUT2D eigenvalue weighted by atomic mass is 16.1. The number of amides is 1. The summed E-state index contributed by atoms with van der Waals surface area (Å²) in [6.07, 6.45) is 7.40. The van der Waals surface area contributed by atoms with Crippen LogP contribution < -0.4 is 21.5 Å². The van der Waals surface area contributed by atoms with E-state index in [4.69, 9.17) is 0 Å². The number of pyridine rings is 1. The zero-order valence-corrected chi connectivity index (χ0v) is 15.7. The van der Waals surface area contributed by atoms with E-state index in [-0.39, 0.29) is 5.91 Å². The van der Waals surface area contributed by atoms with Gasteiger partial charge in [-0.2, -0.15) is 0 Å². The van der Waals surface area contributed by atoms with Gasteiger partial charge < -0.3 is 10.6 Å². The fourth-order valence-electron chi connectivity index (χ4n) is 2.92. The Morgan fingerprint density at radius 2 is 1.83 bits per heavy atom. The molecule has 2 heterocycles. The largest absolute Gasteiger partial charge is 0.348 e. The number of hydrogen-bond donors (Lipinski definition) is 4. The average molecular weight is 383 g/mol. The molecule has 1 aliphatic rings. The summed E-state index contributed by atoms with van der Waals surface area (Å²) in [6, 6.07) is 21.2. The Labute approximate surface area is 169 Å². The molecular formula is C23H21N5O. The van der Waals surface area contributed by atoms with Crippen LogP contribution in [0.15, 0.2) is 97.1 Å². The van der Waals surface area contributed by atoms with Gasteiger partial charge in [0.1, 0.15) is 5.82 Å². The number of nitrogens with zero attached hydrogens (tertiary/aromatic N) is 1. The molecule has 0 bridgehead atoms. The molecule has 0 spiro atoms.